The third-order valence-electron chi connectivity index (χ3n) is 11.0. The molecule has 0 amide bonds. The molecule has 0 atom stereocenters. The maximum Gasteiger partial charge on any atom is 0.213 e. The number of anilines is 3. The number of nitrogens with zero attached hydrogens (tertiary/aromatic N) is 2. The van der Waals surface area contributed by atoms with E-state index in [1.807, 2.05) is 42.5 Å². The second kappa shape index (κ2) is 11.5. The van der Waals surface area contributed by atoms with Gasteiger partial charge in [-0.05, 0) is 71.8 Å². The quantitative estimate of drug-likeness (QED) is 0.179. The van der Waals surface area contributed by atoms with Crippen LogP contribution in [0.3, 0.4) is 0 Å². The fourth-order valence-corrected chi connectivity index (χ4v) is 8.62. The Morgan fingerprint density at radius 3 is 1.55 bits per heavy atom. The lowest BCUT2D eigenvalue weighted by molar-refractivity contribution is 0.645. The van der Waals surface area contributed by atoms with Crippen molar-refractivity contribution in [3.05, 3.63) is 182 Å². The first-order chi connectivity index (χ1) is 27.3. The monoisotopic (exact) mass is 706 g/mol. The lowest BCUT2D eigenvalue weighted by atomic mass is 9.98. The minimum absolute atomic E-state index is 0.821. The summed E-state index contributed by atoms with van der Waals surface area (Å²) in [4.78, 5) is 2.27. The van der Waals surface area contributed by atoms with Crippen molar-refractivity contribution in [1.29, 1.82) is 0 Å². The smallest absolute Gasteiger partial charge is 0.213 e. The lowest BCUT2D eigenvalue weighted by Gasteiger charge is -2.25. The van der Waals surface area contributed by atoms with Gasteiger partial charge in [0.1, 0.15) is 16.7 Å². The molecule has 258 valence electrons. The molecule has 55 heavy (non-hydrogen) atoms. The molecule has 12 aromatic rings. The van der Waals surface area contributed by atoms with Gasteiger partial charge in [0.05, 0.1) is 22.3 Å². The van der Waals surface area contributed by atoms with Crippen molar-refractivity contribution in [3.63, 3.8) is 0 Å². The number of benzene rings is 8. The number of furan rings is 3. The van der Waals surface area contributed by atoms with Crippen LogP contribution in [0.2, 0.25) is 0 Å². The predicted molar refractivity (Wildman–Crippen MR) is 225 cm³/mol. The highest BCUT2D eigenvalue weighted by molar-refractivity contribution is 6.24. The van der Waals surface area contributed by atoms with Gasteiger partial charge in [0, 0.05) is 43.7 Å². The van der Waals surface area contributed by atoms with E-state index >= 15 is 0 Å². The number of rotatable bonds is 5. The molecule has 0 aliphatic heterocycles. The molecule has 5 heteroatoms. The number of aromatic nitrogens is 1. The fourth-order valence-electron chi connectivity index (χ4n) is 8.62. The topological polar surface area (TPSA) is 47.6 Å². The van der Waals surface area contributed by atoms with Crippen LogP contribution in [0.15, 0.2) is 195 Å². The Balaban J connectivity index is 1.09. The maximum absolute atomic E-state index is 6.64. The molecule has 0 saturated carbocycles. The molecule has 0 aliphatic rings. The minimum atomic E-state index is 0.821. The molecule has 5 nitrogen and oxygen atoms in total. The first-order valence-electron chi connectivity index (χ1n) is 18.5. The number of para-hydroxylation sites is 6. The van der Waals surface area contributed by atoms with Gasteiger partial charge >= 0.3 is 0 Å². The second-order valence-electron chi connectivity index (χ2n) is 14.0. The maximum atomic E-state index is 6.64. The third kappa shape index (κ3) is 4.35. The zero-order valence-corrected chi connectivity index (χ0v) is 29.4. The average Bonchev–Trinajstić information content (AvgIpc) is 4.00. The molecule has 0 fully saturated rings. The summed E-state index contributed by atoms with van der Waals surface area (Å²) in [6, 6.07) is 63.4. The van der Waals surface area contributed by atoms with Gasteiger partial charge in [0.25, 0.3) is 0 Å². The molecule has 0 bridgehead atoms. The van der Waals surface area contributed by atoms with Gasteiger partial charge in [-0.2, -0.15) is 0 Å². The van der Waals surface area contributed by atoms with Crippen LogP contribution < -0.4 is 4.90 Å². The van der Waals surface area contributed by atoms with Gasteiger partial charge in [-0.15, -0.1) is 0 Å². The molecule has 0 aliphatic carbocycles. The van der Waals surface area contributed by atoms with E-state index in [4.69, 9.17) is 13.3 Å². The first kappa shape index (κ1) is 30.0. The van der Waals surface area contributed by atoms with E-state index in [-0.39, 0.29) is 0 Å². The molecule has 8 aromatic carbocycles. The van der Waals surface area contributed by atoms with E-state index in [0.717, 1.165) is 111 Å². The summed E-state index contributed by atoms with van der Waals surface area (Å²) in [6.07, 6.45) is 0. The molecule has 0 saturated heterocycles. The minimum Gasteiger partial charge on any atom is -0.454 e. The van der Waals surface area contributed by atoms with Crippen molar-refractivity contribution in [2.24, 2.45) is 0 Å². The summed E-state index contributed by atoms with van der Waals surface area (Å²) in [7, 11) is 0. The molecule has 0 radical (unpaired) electrons. The zero-order chi connectivity index (χ0) is 36.0. The van der Waals surface area contributed by atoms with E-state index in [1.165, 1.54) is 0 Å². The average molecular weight is 707 g/mol. The molecular formula is C50H30N2O3. The number of hydrogen-bond donors (Lipinski definition) is 0. The molecule has 0 spiro atoms. The fraction of sp³-hybridized carbons (Fsp3) is 0. The normalized spacial score (nSPS) is 12.0. The standard InChI is InChI=1S/C50H30N2O3/c1-2-13-32(14-3-1)52-40-21-10-18-34(46(40)47-39-17-6-9-26-45(39)55-50(47)52)31-27-29-33(30-28-31)51(41-22-11-19-37-35-15-4-7-24-43(35)53-48(37)41)42-23-12-20-38-36-16-5-8-25-44(36)54-49(38)42/h1-30H. The van der Waals surface area contributed by atoms with Gasteiger partial charge in [0.15, 0.2) is 11.2 Å². The van der Waals surface area contributed by atoms with Crippen LogP contribution >= 0.6 is 0 Å². The van der Waals surface area contributed by atoms with Crippen LogP contribution in [0.25, 0.3) is 93.7 Å². The van der Waals surface area contributed by atoms with E-state index in [0.29, 0.717) is 0 Å². The van der Waals surface area contributed by atoms with E-state index in [9.17, 15) is 0 Å². The van der Waals surface area contributed by atoms with Crippen LogP contribution in [-0.4, -0.2) is 4.57 Å². The largest absolute Gasteiger partial charge is 0.454 e. The lowest BCUT2D eigenvalue weighted by Crippen LogP contribution is -2.10. The van der Waals surface area contributed by atoms with Gasteiger partial charge < -0.3 is 18.2 Å². The summed E-state index contributed by atoms with van der Waals surface area (Å²) in [5.74, 6) is 0. The first-order valence-corrected chi connectivity index (χ1v) is 18.5. The highest BCUT2D eigenvalue weighted by Gasteiger charge is 2.25. The van der Waals surface area contributed by atoms with Crippen molar-refractivity contribution in [2.45, 2.75) is 0 Å². The van der Waals surface area contributed by atoms with E-state index in [1.54, 1.807) is 0 Å². The van der Waals surface area contributed by atoms with Gasteiger partial charge in [0.2, 0.25) is 5.71 Å². The van der Waals surface area contributed by atoms with Crippen LogP contribution in [0, 0.1) is 0 Å². The summed E-state index contributed by atoms with van der Waals surface area (Å²) < 4.78 is 22.1. The Bertz CT molecular complexity index is 3320. The molecule has 0 unspecified atom stereocenters. The van der Waals surface area contributed by atoms with E-state index < -0.39 is 0 Å². The molecule has 0 N–H and O–H groups in total. The number of hydrogen-bond acceptors (Lipinski definition) is 4. The third-order valence-corrected chi connectivity index (χ3v) is 11.0. The van der Waals surface area contributed by atoms with Crippen molar-refractivity contribution < 1.29 is 13.3 Å². The van der Waals surface area contributed by atoms with Crippen molar-refractivity contribution >= 4 is 93.9 Å². The second-order valence-corrected chi connectivity index (χ2v) is 14.0. The van der Waals surface area contributed by atoms with Crippen LogP contribution in [-0.2, 0) is 0 Å². The molecule has 4 aromatic heterocycles. The predicted octanol–water partition coefficient (Wildman–Crippen LogP) is 14.5. The summed E-state index contributed by atoms with van der Waals surface area (Å²) in [5, 5.41) is 7.69. The Hall–Kier alpha value is -7.50. The molecular weight excluding hydrogens is 677 g/mol. The highest BCUT2D eigenvalue weighted by atomic mass is 16.3. The van der Waals surface area contributed by atoms with Crippen molar-refractivity contribution in [3.8, 4) is 16.8 Å². The number of fused-ring (bicyclic) bond motifs is 11. The highest BCUT2D eigenvalue weighted by Crippen LogP contribution is 2.47. The Morgan fingerprint density at radius 2 is 0.909 bits per heavy atom. The van der Waals surface area contributed by atoms with Crippen LogP contribution in [0.1, 0.15) is 0 Å². The van der Waals surface area contributed by atoms with Crippen LogP contribution in [0.5, 0.6) is 0 Å². The van der Waals surface area contributed by atoms with E-state index in [2.05, 4.69) is 149 Å². The van der Waals surface area contributed by atoms with Gasteiger partial charge in [-0.1, -0.05) is 121 Å². The Labute approximate surface area is 314 Å². The van der Waals surface area contributed by atoms with Gasteiger partial charge in [-0.25, -0.2) is 0 Å². The Kier molecular flexibility index (Phi) is 6.27. The summed E-state index contributed by atoms with van der Waals surface area (Å²) >= 11 is 0. The Morgan fingerprint density at radius 1 is 0.382 bits per heavy atom. The summed E-state index contributed by atoms with van der Waals surface area (Å²) in [5.41, 5.74) is 12.3. The van der Waals surface area contributed by atoms with Crippen molar-refractivity contribution in [1.82, 2.24) is 4.57 Å². The summed E-state index contributed by atoms with van der Waals surface area (Å²) in [6.45, 7) is 0. The van der Waals surface area contributed by atoms with Gasteiger partial charge in [-0.3, -0.25) is 4.57 Å². The molecule has 4 heterocycles. The zero-order valence-electron chi connectivity index (χ0n) is 29.4. The molecule has 12 rings (SSSR count). The SMILES string of the molecule is c1ccc(-n2c3cccc(-c4ccc(N(c5cccc6c5oc5ccccc56)c5cccc6c5oc5ccccc56)cc4)c3c3c4ccccc4oc32)cc1. The van der Waals surface area contributed by atoms with Crippen LogP contribution in [0.4, 0.5) is 17.1 Å². The van der Waals surface area contributed by atoms with Crippen molar-refractivity contribution in [2.75, 3.05) is 4.90 Å².